The number of aryl methyl sites for hydroxylation is 3. The molecule has 0 spiro atoms. The van der Waals surface area contributed by atoms with E-state index >= 15 is 0 Å². The fraction of sp³-hybridized carbons (Fsp3) is 0.526. The highest BCUT2D eigenvalue weighted by Gasteiger charge is 2.33. The van der Waals surface area contributed by atoms with Crippen LogP contribution in [0.5, 0.6) is 0 Å². The van der Waals surface area contributed by atoms with Crippen LogP contribution in [0.3, 0.4) is 0 Å². The number of carbonyl (C=O) groups is 1. The lowest BCUT2D eigenvalue weighted by Gasteiger charge is -2.31. The van der Waals surface area contributed by atoms with E-state index in [1.54, 1.807) is 32.9 Å². The molecule has 0 aliphatic carbocycles. The number of hydrogen-bond acceptors (Lipinski definition) is 6. The zero-order valence-corrected chi connectivity index (χ0v) is 17.4. The number of rotatable bonds is 5. The van der Waals surface area contributed by atoms with E-state index in [4.69, 9.17) is 4.52 Å². The molecule has 1 amide bonds. The van der Waals surface area contributed by atoms with Crippen molar-refractivity contribution >= 4 is 15.9 Å². The molecule has 3 rings (SSSR count). The van der Waals surface area contributed by atoms with Gasteiger partial charge in [-0.2, -0.15) is 9.29 Å². The molecule has 2 heterocycles. The van der Waals surface area contributed by atoms with Gasteiger partial charge in [0.2, 0.25) is 21.8 Å². The van der Waals surface area contributed by atoms with E-state index in [1.165, 1.54) is 4.31 Å². The standard InChI is InChI=1S/C19H26N4O4S/c1-12-5-6-17(13(2)11-12)28(25,26)23-9-7-16(8-10-23)18(24)20-14(3)19-21-15(4)22-27-19/h5-6,11,14,16H,7-10H2,1-4H3,(H,20,24). The van der Waals surface area contributed by atoms with E-state index < -0.39 is 10.0 Å². The predicted octanol–water partition coefficient (Wildman–Crippen LogP) is 2.27. The molecular formula is C19H26N4O4S. The third kappa shape index (κ3) is 4.25. The smallest absolute Gasteiger partial charge is 0.248 e. The van der Waals surface area contributed by atoms with Gasteiger partial charge < -0.3 is 9.84 Å². The van der Waals surface area contributed by atoms with Gasteiger partial charge in [-0.1, -0.05) is 22.9 Å². The van der Waals surface area contributed by atoms with Crippen molar-refractivity contribution in [1.29, 1.82) is 0 Å². The first-order valence-electron chi connectivity index (χ1n) is 9.36. The molecule has 8 nitrogen and oxygen atoms in total. The lowest BCUT2D eigenvalue weighted by molar-refractivity contribution is -0.126. The van der Waals surface area contributed by atoms with E-state index in [-0.39, 0.29) is 17.9 Å². The fourth-order valence-electron chi connectivity index (χ4n) is 3.47. The van der Waals surface area contributed by atoms with Crippen molar-refractivity contribution in [1.82, 2.24) is 19.8 Å². The molecule has 152 valence electrons. The van der Waals surface area contributed by atoms with Crippen LogP contribution >= 0.6 is 0 Å². The Morgan fingerprint density at radius 2 is 1.93 bits per heavy atom. The quantitative estimate of drug-likeness (QED) is 0.817. The summed E-state index contributed by atoms with van der Waals surface area (Å²) in [6, 6.07) is 4.95. The summed E-state index contributed by atoms with van der Waals surface area (Å²) < 4.78 is 32.5. The van der Waals surface area contributed by atoms with Crippen LogP contribution < -0.4 is 5.32 Å². The zero-order chi connectivity index (χ0) is 20.5. The molecule has 1 atom stereocenters. The Labute approximate surface area is 165 Å². The zero-order valence-electron chi connectivity index (χ0n) is 16.6. The molecule has 9 heteroatoms. The summed E-state index contributed by atoms with van der Waals surface area (Å²) in [7, 11) is -3.55. The average molecular weight is 407 g/mol. The van der Waals surface area contributed by atoms with E-state index in [2.05, 4.69) is 15.5 Å². The summed E-state index contributed by atoms with van der Waals surface area (Å²) in [6.45, 7) is 7.88. The number of hydrogen-bond donors (Lipinski definition) is 1. The fourth-order valence-corrected chi connectivity index (χ4v) is 5.14. The summed E-state index contributed by atoms with van der Waals surface area (Å²) in [5.74, 6) is 0.519. The first-order chi connectivity index (χ1) is 13.2. The van der Waals surface area contributed by atoms with Gasteiger partial charge in [0, 0.05) is 19.0 Å². The van der Waals surface area contributed by atoms with Crippen molar-refractivity contribution in [3.05, 3.63) is 41.0 Å². The van der Waals surface area contributed by atoms with Gasteiger partial charge in [-0.15, -0.1) is 0 Å². The van der Waals surface area contributed by atoms with Gasteiger partial charge in [0.05, 0.1) is 4.90 Å². The molecule has 1 aromatic carbocycles. The van der Waals surface area contributed by atoms with Gasteiger partial charge in [0.25, 0.3) is 0 Å². The molecule has 0 bridgehead atoms. The number of amides is 1. The molecule has 2 aromatic rings. The molecule has 0 radical (unpaired) electrons. The minimum absolute atomic E-state index is 0.119. The summed E-state index contributed by atoms with van der Waals surface area (Å²) in [5.41, 5.74) is 1.76. The first kappa shape index (κ1) is 20.5. The van der Waals surface area contributed by atoms with Crippen molar-refractivity contribution < 1.29 is 17.7 Å². The van der Waals surface area contributed by atoms with E-state index in [9.17, 15) is 13.2 Å². The van der Waals surface area contributed by atoms with Gasteiger partial charge in [-0.3, -0.25) is 4.79 Å². The normalized spacial score (nSPS) is 17.4. The minimum Gasteiger partial charge on any atom is -0.344 e. The van der Waals surface area contributed by atoms with Crippen LogP contribution in [0.1, 0.15) is 48.6 Å². The third-order valence-corrected chi connectivity index (χ3v) is 7.10. The Balaban J connectivity index is 1.61. The van der Waals surface area contributed by atoms with Crippen LogP contribution in [0.25, 0.3) is 0 Å². The summed E-state index contributed by atoms with van der Waals surface area (Å²) in [6.07, 6.45) is 0.955. The molecule has 1 fully saturated rings. The van der Waals surface area contributed by atoms with Crippen molar-refractivity contribution in [3.8, 4) is 0 Å². The highest BCUT2D eigenvalue weighted by Crippen LogP contribution is 2.26. The maximum atomic E-state index is 13.0. The minimum atomic E-state index is -3.55. The Bertz CT molecular complexity index is 962. The lowest BCUT2D eigenvalue weighted by atomic mass is 9.97. The van der Waals surface area contributed by atoms with Gasteiger partial charge >= 0.3 is 0 Å². The molecule has 1 unspecified atom stereocenters. The highest BCUT2D eigenvalue weighted by atomic mass is 32.2. The van der Waals surface area contributed by atoms with Crippen molar-refractivity contribution in [3.63, 3.8) is 0 Å². The molecule has 1 aromatic heterocycles. The second-order valence-electron chi connectivity index (χ2n) is 7.36. The number of piperidine rings is 1. The molecule has 1 saturated heterocycles. The summed E-state index contributed by atoms with van der Waals surface area (Å²) in [5, 5.41) is 6.60. The first-order valence-corrected chi connectivity index (χ1v) is 10.8. The van der Waals surface area contributed by atoms with Crippen LogP contribution in [0, 0.1) is 26.7 Å². The van der Waals surface area contributed by atoms with Crippen molar-refractivity contribution in [2.24, 2.45) is 5.92 Å². The third-order valence-electron chi connectivity index (χ3n) is 5.05. The number of sulfonamides is 1. The van der Waals surface area contributed by atoms with Crippen LogP contribution in [0.4, 0.5) is 0 Å². The number of carbonyl (C=O) groups excluding carboxylic acids is 1. The molecule has 1 aliphatic heterocycles. The van der Waals surface area contributed by atoms with Crippen LogP contribution in [-0.4, -0.2) is 41.9 Å². The molecule has 28 heavy (non-hydrogen) atoms. The SMILES string of the molecule is Cc1ccc(S(=O)(=O)N2CCC(C(=O)NC(C)c3nc(C)no3)CC2)c(C)c1. The second kappa shape index (κ2) is 8.00. The Kier molecular flexibility index (Phi) is 5.85. The van der Waals surface area contributed by atoms with Crippen LogP contribution in [0.2, 0.25) is 0 Å². The van der Waals surface area contributed by atoms with Gasteiger partial charge in [0.15, 0.2) is 5.82 Å². The van der Waals surface area contributed by atoms with E-state index in [0.717, 1.165) is 11.1 Å². The van der Waals surface area contributed by atoms with Gasteiger partial charge in [0.1, 0.15) is 6.04 Å². The summed E-state index contributed by atoms with van der Waals surface area (Å²) in [4.78, 5) is 17.0. The van der Waals surface area contributed by atoms with Gasteiger partial charge in [-0.25, -0.2) is 8.42 Å². The number of nitrogens with one attached hydrogen (secondary N) is 1. The lowest BCUT2D eigenvalue weighted by Crippen LogP contribution is -2.43. The average Bonchev–Trinajstić information content (AvgIpc) is 3.08. The van der Waals surface area contributed by atoms with E-state index in [1.807, 2.05) is 13.0 Å². The highest BCUT2D eigenvalue weighted by molar-refractivity contribution is 7.89. The number of aromatic nitrogens is 2. The van der Waals surface area contributed by atoms with Crippen LogP contribution in [0.15, 0.2) is 27.6 Å². The Morgan fingerprint density at radius 1 is 1.25 bits per heavy atom. The molecule has 1 aliphatic rings. The number of benzene rings is 1. The summed E-state index contributed by atoms with van der Waals surface area (Å²) >= 11 is 0. The molecule has 1 N–H and O–H groups in total. The van der Waals surface area contributed by atoms with Crippen molar-refractivity contribution in [2.75, 3.05) is 13.1 Å². The largest absolute Gasteiger partial charge is 0.344 e. The molecular weight excluding hydrogens is 380 g/mol. The molecule has 0 saturated carbocycles. The maximum absolute atomic E-state index is 13.0. The maximum Gasteiger partial charge on any atom is 0.248 e. The second-order valence-corrected chi connectivity index (χ2v) is 9.26. The predicted molar refractivity (Wildman–Crippen MR) is 103 cm³/mol. The number of nitrogens with zero attached hydrogens (tertiary/aromatic N) is 3. The Morgan fingerprint density at radius 3 is 2.50 bits per heavy atom. The van der Waals surface area contributed by atoms with Crippen LogP contribution in [-0.2, 0) is 14.8 Å². The monoisotopic (exact) mass is 406 g/mol. The Hall–Kier alpha value is -2.26. The van der Waals surface area contributed by atoms with E-state index in [0.29, 0.717) is 42.5 Å². The van der Waals surface area contributed by atoms with Gasteiger partial charge in [-0.05, 0) is 52.2 Å². The van der Waals surface area contributed by atoms with Crippen molar-refractivity contribution in [2.45, 2.75) is 51.5 Å². The topological polar surface area (TPSA) is 105 Å².